The van der Waals surface area contributed by atoms with Gasteiger partial charge in [0.25, 0.3) is 0 Å². The van der Waals surface area contributed by atoms with Crippen molar-refractivity contribution in [1.82, 2.24) is 10.6 Å². The van der Waals surface area contributed by atoms with Crippen molar-refractivity contribution in [3.8, 4) is 0 Å². The van der Waals surface area contributed by atoms with Crippen molar-refractivity contribution in [1.29, 1.82) is 0 Å². The molecule has 2 aliphatic heterocycles. The molecule has 2 heterocycles. The molecule has 0 bridgehead atoms. The normalized spacial score (nSPS) is 29.8. The highest BCUT2D eigenvalue weighted by Crippen LogP contribution is 2.14. The predicted molar refractivity (Wildman–Crippen MR) is 76.3 cm³/mol. The Morgan fingerprint density at radius 1 is 1.35 bits per heavy atom. The van der Waals surface area contributed by atoms with E-state index in [-0.39, 0.29) is 36.0 Å². The van der Waals surface area contributed by atoms with Crippen molar-refractivity contribution in [3.05, 3.63) is 0 Å². The highest BCUT2D eigenvalue weighted by atomic mass is 32.2. The minimum absolute atomic E-state index is 0.0617. The van der Waals surface area contributed by atoms with E-state index >= 15 is 0 Å². The SMILES string of the molecule is O=C(CC1CS(=O)(=O)CCN1)NCCC1CCCCO1. The fourth-order valence-electron chi connectivity index (χ4n) is 2.70. The lowest BCUT2D eigenvalue weighted by atomic mass is 10.1. The molecular weight excluding hydrogens is 280 g/mol. The fraction of sp³-hybridized carbons (Fsp3) is 0.923. The highest BCUT2D eigenvalue weighted by molar-refractivity contribution is 7.91. The summed E-state index contributed by atoms with van der Waals surface area (Å²) in [5, 5.41) is 5.93. The van der Waals surface area contributed by atoms with Gasteiger partial charge in [-0.05, 0) is 25.7 Å². The molecule has 1 amide bonds. The standard InChI is InChI=1S/C13H24N2O4S/c16-13(9-11-10-20(17,18)8-6-14-11)15-5-4-12-3-1-2-7-19-12/h11-12,14H,1-10H2,(H,15,16). The summed E-state index contributed by atoms with van der Waals surface area (Å²) >= 11 is 0. The number of rotatable bonds is 5. The predicted octanol–water partition coefficient (Wildman–Crippen LogP) is -0.161. The van der Waals surface area contributed by atoms with Crippen LogP contribution in [0, 0.1) is 0 Å². The maximum absolute atomic E-state index is 11.8. The van der Waals surface area contributed by atoms with Gasteiger partial charge in [0, 0.05) is 32.2 Å². The van der Waals surface area contributed by atoms with Gasteiger partial charge in [0.05, 0.1) is 17.6 Å². The van der Waals surface area contributed by atoms with E-state index in [1.54, 1.807) is 0 Å². The van der Waals surface area contributed by atoms with Gasteiger partial charge in [0.15, 0.2) is 9.84 Å². The molecule has 2 rings (SSSR count). The molecule has 0 radical (unpaired) electrons. The van der Waals surface area contributed by atoms with Gasteiger partial charge < -0.3 is 15.4 Å². The Bertz CT molecular complexity index is 418. The molecule has 0 aliphatic carbocycles. The molecular formula is C13H24N2O4S. The molecule has 2 saturated heterocycles. The van der Waals surface area contributed by atoms with E-state index in [2.05, 4.69) is 10.6 Å². The summed E-state index contributed by atoms with van der Waals surface area (Å²) in [5.41, 5.74) is 0. The first kappa shape index (κ1) is 15.7. The second-order valence-corrected chi connectivity index (χ2v) is 7.83. The van der Waals surface area contributed by atoms with Crippen LogP contribution in [0.5, 0.6) is 0 Å². The average molecular weight is 304 g/mol. The smallest absolute Gasteiger partial charge is 0.221 e. The molecule has 0 aromatic carbocycles. The van der Waals surface area contributed by atoms with Gasteiger partial charge in [-0.15, -0.1) is 0 Å². The van der Waals surface area contributed by atoms with Crippen molar-refractivity contribution in [2.45, 2.75) is 44.2 Å². The molecule has 0 aromatic heterocycles. The van der Waals surface area contributed by atoms with Crippen LogP contribution in [-0.2, 0) is 19.4 Å². The van der Waals surface area contributed by atoms with E-state index in [0.29, 0.717) is 13.1 Å². The van der Waals surface area contributed by atoms with Crippen LogP contribution in [0.2, 0.25) is 0 Å². The lowest BCUT2D eigenvalue weighted by molar-refractivity contribution is -0.121. The second-order valence-electron chi connectivity index (χ2n) is 5.60. The van der Waals surface area contributed by atoms with E-state index in [1.807, 2.05) is 0 Å². The van der Waals surface area contributed by atoms with Gasteiger partial charge in [-0.2, -0.15) is 0 Å². The number of amides is 1. The van der Waals surface area contributed by atoms with Crippen molar-refractivity contribution in [2.75, 3.05) is 31.2 Å². The number of hydrogen-bond acceptors (Lipinski definition) is 5. The maximum atomic E-state index is 11.8. The number of hydrogen-bond donors (Lipinski definition) is 2. The highest BCUT2D eigenvalue weighted by Gasteiger charge is 2.25. The van der Waals surface area contributed by atoms with Crippen LogP contribution in [0.1, 0.15) is 32.1 Å². The average Bonchev–Trinajstić information content (AvgIpc) is 2.38. The Morgan fingerprint density at radius 2 is 2.20 bits per heavy atom. The summed E-state index contributed by atoms with van der Waals surface area (Å²) in [4.78, 5) is 11.8. The van der Waals surface area contributed by atoms with Gasteiger partial charge in [0.1, 0.15) is 0 Å². The zero-order valence-corrected chi connectivity index (χ0v) is 12.6. The summed E-state index contributed by atoms with van der Waals surface area (Å²) in [6, 6.07) is -0.250. The molecule has 2 unspecified atom stereocenters. The van der Waals surface area contributed by atoms with Gasteiger partial charge >= 0.3 is 0 Å². The Morgan fingerprint density at radius 3 is 2.90 bits per heavy atom. The molecule has 2 aliphatic rings. The minimum atomic E-state index is -2.98. The molecule has 2 N–H and O–H groups in total. The van der Waals surface area contributed by atoms with Gasteiger partial charge in [0.2, 0.25) is 5.91 Å². The van der Waals surface area contributed by atoms with Crippen molar-refractivity contribution < 1.29 is 17.9 Å². The summed E-state index contributed by atoms with van der Waals surface area (Å²) in [6.45, 7) is 1.86. The Kier molecular flexibility index (Phi) is 5.80. The maximum Gasteiger partial charge on any atom is 0.221 e. The summed E-state index contributed by atoms with van der Waals surface area (Å²) in [7, 11) is -2.98. The monoisotopic (exact) mass is 304 g/mol. The largest absolute Gasteiger partial charge is 0.378 e. The first-order chi connectivity index (χ1) is 9.55. The molecule has 2 atom stereocenters. The summed E-state index contributed by atoms with van der Waals surface area (Å²) in [6.07, 6.45) is 4.72. The third-order valence-electron chi connectivity index (χ3n) is 3.80. The molecule has 0 saturated carbocycles. The van der Waals surface area contributed by atoms with E-state index in [0.717, 1.165) is 25.9 Å². The van der Waals surface area contributed by atoms with Gasteiger partial charge in [-0.1, -0.05) is 0 Å². The van der Waals surface area contributed by atoms with Crippen LogP contribution in [0.4, 0.5) is 0 Å². The Labute approximate surface area is 120 Å². The van der Waals surface area contributed by atoms with Crippen LogP contribution in [0.3, 0.4) is 0 Å². The Balaban J connectivity index is 1.62. The van der Waals surface area contributed by atoms with Crippen LogP contribution < -0.4 is 10.6 Å². The molecule has 2 fully saturated rings. The lowest BCUT2D eigenvalue weighted by Gasteiger charge is -2.24. The molecule has 20 heavy (non-hydrogen) atoms. The molecule has 0 aromatic rings. The van der Waals surface area contributed by atoms with Crippen LogP contribution in [0.15, 0.2) is 0 Å². The van der Waals surface area contributed by atoms with E-state index in [1.165, 1.54) is 6.42 Å². The third-order valence-corrected chi connectivity index (χ3v) is 5.53. The second kappa shape index (κ2) is 7.38. The molecule has 7 heteroatoms. The van der Waals surface area contributed by atoms with E-state index in [9.17, 15) is 13.2 Å². The quantitative estimate of drug-likeness (QED) is 0.737. The number of carbonyl (C=O) groups is 1. The number of ether oxygens (including phenoxy) is 1. The summed E-state index contributed by atoms with van der Waals surface area (Å²) in [5.74, 6) is 0.145. The van der Waals surface area contributed by atoms with Crippen LogP contribution >= 0.6 is 0 Å². The third kappa shape index (κ3) is 5.38. The molecule has 6 nitrogen and oxygen atoms in total. The number of carbonyl (C=O) groups excluding carboxylic acids is 1. The van der Waals surface area contributed by atoms with Gasteiger partial charge in [-0.3, -0.25) is 4.79 Å². The first-order valence-corrected chi connectivity index (χ1v) is 9.19. The minimum Gasteiger partial charge on any atom is -0.378 e. The molecule has 116 valence electrons. The zero-order valence-electron chi connectivity index (χ0n) is 11.8. The molecule has 0 spiro atoms. The van der Waals surface area contributed by atoms with Gasteiger partial charge in [-0.25, -0.2) is 8.42 Å². The van der Waals surface area contributed by atoms with Crippen LogP contribution in [0.25, 0.3) is 0 Å². The Hall–Kier alpha value is -0.660. The van der Waals surface area contributed by atoms with Crippen molar-refractivity contribution >= 4 is 15.7 Å². The lowest BCUT2D eigenvalue weighted by Crippen LogP contribution is -2.47. The topological polar surface area (TPSA) is 84.5 Å². The van der Waals surface area contributed by atoms with E-state index in [4.69, 9.17) is 4.74 Å². The van der Waals surface area contributed by atoms with E-state index < -0.39 is 9.84 Å². The number of sulfone groups is 1. The summed E-state index contributed by atoms with van der Waals surface area (Å²) < 4.78 is 28.5. The van der Waals surface area contributed by atoms with Crippen molar-refractivity contribution in [2.24, 2.45) is 0 Å². The zero-order chi connectivity index (χ0) is 14.4. The van der Waals surface area contributed by atoms with Crippen molar-refractivity contribution in [3.63, 3.8) is 0 Å². The fourth-order valence-corrected chi connectivity index (χ4v) is 4.15. The van der Waals surface area contributed by atoms with Crippen LogP contribution in [-0.4, -0.2) is 57.7 Å². The first-order valence-electron chi connectivity index (χ1n) is 7.37. The number of nitrogens with one attached hydrogen (secondary N) is 2.